The molecule has 25 heavy (non-hydrogen) atoms. The summed E-state index contributed by atoms with van der Waals surface area (Å²) >= 11 is 5.90. The Bertz CT molecular complexity index is 749. The number of hydrogen-bond donors (Lipinski definition) is 1. The van der Waals surface area contributed by atoms with E-state index in [9.17, 15) is 4.79 Å². The normalized spacial score (nSPS) is 13.8. The van der Waals surface area contributed by atoms with Crippen LogP contribution in [0.15, 0.2) is 42.5 Å². The van der Waals surface area contributed by atoms with Gasteiger partial charge < -0.3 is 14.8 Å². The Balaban J connectivity index is 1.52. The molecule has 2 aromatic rings. The van der Waals surface area contributed by atoms with Gasteiger partial charge in [0.05, 0.1) is 6.04 Å². The van der Waals surface area contributed by atoms with E-state index in [0.29, 0.717) is 18.1 Å². The van der Waals surface area contributed by atoms with Crippen molar-refractivity contribution >= 4 is 17.5 Å². The van der Waals surface area contributed by atoms with E-state index in [1.165, 1.54) is 0 Å². The Kier molecular flexibility index (Phi) is 5.46. The molecule has 0 saturated heterocycles. The summed E-state index contributed by atoms with van der Waals surface area (Å²) < 4.78 is 10.6. The van der Waals surface area contributed by atoms with Gasteiger partial charge in [0.2, 0.25) is 12.7 Å². The van der Waals surface area contributed by atoms with Crippen LogP contribution in [0.5, 0.6) is 11.5 Å². The van der Waals surface area contributed by atoms with Gasteiger partial charge in [0.25, 0.3) is 0 Å². The minimum absolute atomic E-state index is 0.0193. The summed E-state index contributed by atoms with van der Waals surface area (Å²) in [5.74, 6) is 1.44. The van der Waals surface area contributed by atoms with Crippen LogP contribution in [-0.2, 0) is 17.9 Å². The van der Waals surface area contributed by atoms with E-state index in [4.69, 9.17) is 21.1 Å². The molecule has 1 amide bonds. The lowest BCUT2D eigenvalue weighted by molar-refractivity contribution is -0.125. The highest BCUT2D eigenvalue weighted by Crippen LogP contribution is 2.32. The average Bonchev–Trinajstić information content (AvgIpc) is 3.08. The monoisotopic (exact) mass is 360 g/mol. The lowest BCUT2D eigenvalue weighted by Crippen LogP contribution is -2.42. The number of benzene rings is 2. The summed E-state index contributed by atoms with van der Waals surface area (Å²) in [6.45, 7) is 3.27. The molecule has 0 aromatic heterocycles. The van der Waals surface area contributed by atoms with Crippen LogP contribution in [0, 0.1) is 0 Å². The van der Waals surface area contributed by atoms with Gasteiger partial charge in [-0.05, 0) is 49.4 Å². The molecule has 1 heterocycles. The maximum absolute atomic E-state index is 12.4. The molecule has 1 aliphatic heterocycles. The number of fused-ring (bicyclic) bond motifs is 1. The molecule has 0 radical (unpaired) electrons. The standard InChI is InChI=1S/C19H21ClN2O3/c1-13(22(2)11-14-3-6-16(20)7-4-14)19(23)21-10-15-5-8-17-18(9-15)25-12-24-17/h3-9,13H,10-12H2,1-2H3,(H,21,23). The van der Waals surface area contributed by atoms with Crippen LogP contribution < -0.4 is 14.8 Å². The van der Waals surface area contributed by atoms with Gasteiger partial charge in [-0.25, -0.2) is 0 Å². The number of hydrogen-bond acceptors (Lipinski definition) is 4. The first-order valence-electron chi connectivity index (χ1n) is 8.14. The van der Waals surface area contributed by atoms with Crippen LogP contribution in [0.2, 0.25) is 5.02 Å². The molecule has 1 unspecified atom stereocenters. The zero-order valence-electron chi connectivity index (χ0n) is 14.3. The van der Waals surface area contributed by atoms with Gasteiger partial charge in [0.1, 0.15) is 0 Å². The first-order chi connectivity index (χ1) is 12.0. The van der Waals surface area contributed by atoms with E-state index in [1.807, 2.05) is 61.3 Å². The molecule has 3 rings (SSSR count). The molecule has 6 heteroatoms. The van der Waals surface area contributed by atoms with Crippen molar-refractivity contribution in [3.63, 3.8) is 0 Å². The fourth-order valence-electron chi connectivity index (χ4n) is 2.60. The quantitative estimate of drug-likeness (QED) is 0.859. The van der Waals surface area contributed by atoms with Crippen molar-refractivity contribution < 1.29 is 14.3 Å². The predicted molar refractivity (Wildman–Crippen MR) is 96.8 cm³/mol. The molecule has 1 atom stereocenters. The first-order valence-corrected chi connectivity index (χ1v) is 8.51. The molecule has 2 aromatic carbocycles. The largest absolute Gasteiger partial charge is 0.454 e. The van der Waals surface area contributed by atoms with Crippen LogP contribution in [0.25, 0.3) is 0 Å². The highest BCUT2D eigenvalue weighted by Gasteiger charge is 2.18. The van der Waals surface area contributed by atoms with Gasteiger partial charge in [-0.1, -0.05) is 29.8 Å². The van der Waals surface area contributed by atoms with E-state index >= 15 is 0 Å². The smallest absolute Gasteiger partial charge is 0.237 e. The van der Waals surface area contributed by atoms with E-state index < -0.39 is 0 Å². The van der Waals surface area contributed by atoms with Crippen molar-refractivity contribution in [2.45, 2.75) is 26.1 Å². The van der Waals surface area contributed by atoms with Gasteiger partial charge in [-0.3, -0.25) is 9.69 Å². The summed E-state index contributed by atoms with van der Waals surface area (Å²) in [6, 6.07) is 13.1. The number of rotatable bonds is 6. The highest BCUT2D eigenvalue weighted by atomic mass is 35.5. The fraction of sp³-hybridized carbons (Fsp3) is 0.316. The summed E-state index contributed by atoms with van der Waals surface area (Å²) in [6.07, 6.45) is 0. The van der Waals surface area contributed by atoms with E-state index in [0.717, 1.165) is 22.6 Å². The van der Waals surface area contributed by atoms with Crippen molar-refractivity contribution in [1.82, 2.24) is 10.2 Å². The van der Waals surface area contributed by atoms with Gasteiger partial charge in [0.15, 0.2) is 11.5 Å². The Labute approximate surface area is 152 Å². The number of amides is 1. The van der Waals surface area contributed by atoms with E-state index in [-0.39, 0.29) is 18.7 Å². The van der Waals surface area contributed by atoms with Gasteiger partial charge in [-0.2, -0.15) is 0 Å². The number of nitrogens with one attached hydrogen (secondary N) is 1. The number of ether oxygens (including phenoxy) is 2. The molecule has 0 bridgehead atoms. The topological polar surface area (TPSA) is 50.8 Å². The Morgan fingerprint density at radius 3 is 2.60 bits per heavy atom. The van der Waals surface area contributed by atoms with Gasteiger partial charge in [-0.15, -0.1) is 0 Å². The number of nitrogens with zero attached hydrogens (tertiary/aromatic N) is 1. The summed E-state index contributed by atoms with van der Waals surface area (Å²) in [5, 5.41) is 3.68. The third-order valence-corrected chi connectivity index (χ3v) is 4.54. The lowest BCUT2D eigenvalue weighted by Gasteiger charge is -2.24. The molecule has 0 fully saturated rings. The molecule has 0 saturated carbocycles. The predicted octanol–water partition coefficient (Wildman–Crippen LogP) is 3.21. The molecule has 1 aliphatic rings. The number of halogens is 1. The van der Waals surface area contributed by atoms with Crippen LogP contribution in [0.1, 0.15) is 18.1 Å². The van der Waals surface area contributed by atoms with E-state index in [2.05, 4.69) is 5.32 Å². The molecule has 0 aliphatic carbocycles. The molecule has 0 spiro atoms. The Morgan fingerprint density at radius 1 is 1.16 bits per heavy atom. The Morgan fingerprint density at radius 2 is 1.84 bits per heavy atom. The van der Waals surface area contributed by atoms with Crippen LogP contribution in [-0.4, -0.2) is 30.7 Å². The Hall–Kier alpha value is -2.24. The van der Waals surface area contributed by atoms with Crippen molar-refractivity contribution in [2.75, 3.05) is 13.8 Å². The van der Waals surface area contributed by atoms with Crippen molar-refractivity contribution in [1.29, 1.82) is 0 Å². The average molecular weight is 361 g/mol. The zero-order chi connectivity index (χ0) is 17.8. The lowest BCUT2D eigenvalue weighted by atomic mass is 10.1. The molecule has 132 valence electrons. The second-order valence-corrected chi connectivity index (χ2v) is 6.56. The zero-order valence-corrected chi connectivity index (χ0v) is 15.0. The fourth-order valence-corrected chi connectivity index (χ4v) is 2.73. The van der Waals surface area contributed by atoms with Crippen LogP contribution >= 0.6 is 11.6 Å². The second kappa shape index (κ2) is 7.76. The third-order valence-electron chi connectivity index (χ3n) is 4.29. The van der Waals surface area contributed by atoms with Crippen molar-refractivity contribution in [3.8, 4) is 11.5 Å². The van der Waals surface area contributed by atoms with Gasteiger partial charge >= 0.3 is 0 Å². The minimum atomic E-state index is -0.246. The second-order valence-electron chi connectivity index (χ2n) is 6.12. The van der Waals surface area contributed by atoms with Crippen LogP contribution in [0.3, 0.4) is 0 Å². The minimum Gasteiger partial charge on any atom is -0.454 e. The maximum atomic E-state index is 12.4. The van der Waals surface area contributed by atoms with Crippen molar-refractivity contribution in [2.24, 2.45) is 0 Å². The summed E-state index contributed by atoms with van der Waals surface area (Å²) in [7, 11) is 1.93. The summed E-state index contributed by atoms with van der Waals surface area (Å²) in [4.78, 5) is 14.4. The molecule has 5 nitrogen and oxygen atoms in total. The highest BCUT2D eigenvalue weighted by molar-refractivity contribution is 6.30. The van der Waals surface area contributed by atoms with Crippen molar-refractivity contribution in [3.05, 3.63) is 58.6 Å². The first kappa shape index (κ1) is 17.6. The van der Waals surface area contributed by atoms with Gasteiger partial charge in [0, 0.05) is 18.1 Å². The summed E-state index contributed by atoms with van der Waals surface area (Å²) in [5.41, 5.74) is 2.09. The number of likely N-dealkylation sites (N-methyl/N-ethyl adjacent to an activating group) is 1. The number of carbonyl (C=O) groups excluding carboxylic acids is 1. The third kappa shape index (κ3) is 4.44. The molecule has 1 N–H and O–H groups in total. The number of carbonyl (C=O) groups is 1. The van der Waals surface area contributed by atoms with Crippen LogP contribution in [0.4, 0.5) is 0 Å². The maximum Gasteiger partial charge on any atom is 0.237 e. The molecular formula is C19H21ClN2O3. The molecular weight excluding hydrogens is 340 g/mol. The van der Waals surface area contributed by atoms with E-state index in [1.54, 1.807) is 0 Å². The SMILES string of the molecule is CC(C(=O)NCc1ccc2c(c1)OCO2)N(C)Cc1ccc(Cl)cc1.